The lowest BCUT2D eigenvalue weighted by Crippen LogP contribution is -2.28. The highest BCUT2D eigenvalue weighted by Gasteiger charge is 2.26. The molecule has 1 amide bonds. The number of ether oxygens (including phenoxy) is 1. The van der Waals surface area contributed by atoms with Crippen LogP contribution in [0, 0.1) is 0 Å². The molecule has 0 saturated carbocycles. The Bertz CT molecular complexity index is 700. The third-order valence-corrected chi connectivity index (χ3v) is 3.26. The summed E-state index contributed by atoms with van der Waals surface area (Å²) < 4.78 is 57.8. The second kappa shape index (κ2) is 9.89. The van der Waals surface area contributed by atoms with E-state index in [4.69, 9.17) is 4.74 Å². The number of nitrogens with zero attached hydrogens (tertiary/aromatic N) is 1. The largest absolute Gasteiger partial charge is 0.484 e. The van der Waals surface area contributed by atoms with Crippen molar-refractivity contribution in [2.45, 2.75) is 32.6 Å². The molecule has 0 fully saturated rings. The predicted molar refractivity (Wildman–Crippen MR) is 96.5 cm³/mol. The average molecular weight is 386 g/mol. The van der Waals surface area contributed by atoms with Gasteiger partial charge in [0.1, 0.15) is 11.4 Å². The summed E-state index contributed by atoms with van der Waals surface area (Å²) in [5.74, 6) is -6.17. The van der Waals surface area contributed by atoms with Crippen molar-refractivity contribution in [1.29, 1.82) is 0 Å². The summed E-state index contributed by atoms with van der Waals surface area (Å²) in [6, 6.07) is 5.15. The number of allylic oxidation sites excluding steroid dienone is 3. The number of benzene rings is 1. The molecule has 0 aliphatic carbocycles. The predicted octanol–water partition coefficient (Wildman–Crippen LogP) is 4.48. The number of halogens is 4. The van der Waals surface area contributed by atoms with Gasteiger partial charge in [-0.3, -0.25) is 9.79 Å². The van der Waals surface area contributed by atoms with Crippen molar-refractivity contribution >= 4 is 12.1 Å². The minimum atomic E-state index is -3.06. The first-order valence-electron chi connectivity index (χ1n) is 8.15. The molecule has 0 bridgehead atoms. The Morgan fingerprint density at radius 2 is 1.81 bits per heavy atom. The number of amides is 1. The summed E-state index contributed by atoms with van der Waals surface area (Å²) in [4.78, 5) is 15.2. The van der Waals surface area contributed by atoms with Crippen LogP contribution in [0.4, 0.5) is 17.6 Å². The fourth-order valence-electron chi connectivity index (χ4n) is 1.89. The van der Waals surface area contributed by atoms with Gasteiger partial charge in [-0.25, -0.2) is 8.78 Å². The van der Waals surface area contributed by atoms with Crippen molar-refractivity contribution in [3.63, 3.8) is 0 Å². The fourth-order valence-corrected chi connectivity index (χ4v) is 1.89. The summed E-state index contributed by atoms with van der Waals surface area (Å²) in [7, 11) is 0. The highest BCUT2D eigenvalue weighted by Crippen LogP contribution is 2.28. The second-order valence-corrected chi connectivity index (χ2v) is 5.76. The number of rotatable bonds is 9. The van der Waals surface area contributed by atoms with Gasteiger partial charge >= 0.3 is 0 Å². The van der Waals surface area contributed by atoms with Gasteiger partial charge in [0.15, 0.2) is 6.61 Å². The van der Waals surface area contributed by atoms with E-state index in [1.807, 2.05) is 0 Å². The van der Waals surface area contributed by atoms with E-state index in [-0.39, 0.29) is 24.5 Å². The van der Waals surface area contributed by atoms with Crippen molar-refractivity contribution in [3.8, 4) is 5.75 Å². The van der Waals surface area contributed by atoms with Crippen molar-refractivity contribution in [2.75, 3.05) is 13.2 Å². The first-order chi connectivity index (χ1) is 12.5. The second-order valence-electron chi connectivity index (χ2n) is 5.76. The summed E-state index contributed by atoms with van der Waals surface area (Å²) in [6.45, 7) is 2.87. The molecule has 1 N–H and O–H groups in total. The molecule has 0 aromatic heterocycles. The van der Waals surface area contributed by atoms with E-state index in [2.05, 4.69) is 10.3 Å². The molecule has 0 aliphatic rings. The molecule has 1 rings (SSSR count). The number of carbonyl (C=O) groups excluding carboxylic acids is 1. The summed E-state index contributed by atoms with van der Waals surface area (Å²) in [5, 5.41) is 2.51. The van der Waals surface area contributed by atoms with Gasteiger partial charge in [-0.1, -0.05) is 12.2 Å². The van der Waals surface area contributed by atoms with Gasteiger partial charge in [-0.2, -0.15) is 8.78 Å². The molecule has 0 aliphatic heterocycles. The Kier molecular flexibility index (Phi) is 8.21. The van der Waals surface area contributed by atoms with Crippen LogP contribution < -0.4 is 10.1 Å². The van der Waals surface area contributed by atoms with Crippen molar-refractivity contribution in [1.82, 2.24) is 5.32 Å². The number of hydrogen-bond donors (Lipinski definition) is 1. The van der Waals surface area contributed by atoms with Gasteiger partial charge < -0.3 is 10.1 Å². The smallest absolute Gasteiger partial charge is 0.286 e. The average Bonchev–Trinajstić information content (AvgIpc) is 2.57. The van der Waals surface area contributed by atoms with Crippen LogP contribution in [0.3, 0.4) is 0 Å². The molecule has 0 saturated heterocycles. The lowest BCUT2D eigenvalue weighted by Gasteiger charge is -2.11. The highest BCUT2D eigenvalue weighted by molar-refractivity contribution is 5.77. The molecule has 0 unspecified atom stereocenters. The molecule has 27 heavy (non-hydrogen) atoms. The van der Waals surface area contributed by atoms with E-state index >= 15 is 0 Å². The topological polar surface area (TPSA) is 50.7 Å². The van der Waals surface area contributed by atoms with Crippen LogP contribution in [0.5, 0.6) is 5.75 Å². The zero-order valence-electron chi connectivity index (χ0n) is 15.3. The van der Waals surface area contributed by atoms with Gasteiger partial charge in [-0.05, 0) is 37.3 Å². The SMILES string of the molecule is CC=N/C(=C\C=C\CNC(=O)COc1ccc(C(C)(F)F)cc1)C(C)(F)F. The molecule has 0 spiro atoms. The third kappa shape index (κ3) is 8.52. The molecule has 0 atom stereocenters. The number of aliphatic imine (C=N–C) groups is 1. The third-order valence-electron chi connectivity index (χ3n) is 3.26. The lowest BCUT2D eigenvalue weighted by molar-refractivity contribution is -0.122. The summed E-state index contributed by atoms with van der Waals surface area (Å²) >= 11 is 0. The van der Waals surface area contributed by atoms with Gasteiger partial charge in [0, 0.05) is 32.2 Å². The molecule has 1 aromatic rings. The Balaban J connectivity index is 2.43. The van der Waals surface area contributed by atoms with Crippen LogP contribution in [0.2, 0.25) is 0 Å². The Hall–Kier alpha value is -2.64. The van der Waals surface area contributed by atoms with Crippen LogP contribution >= 0.6 is 0 Å². The van der Waals surface area contributed by atoms with Crippen molar-refractivity contribution in [2.24, 2.45) is 4.99 Å². The van der Waals surface area contributed by atoms with Crippen LogP contribution in [0.1, 0.15) is 26.3 Å². The standard InChI is InChI=1S/C19H22F4N2O2/c1-4-24-16(19(3,22)23)7-5-6-12-25-17(26)13-27-15-10-8-14(9-11-15)18(2,20)21/h4-11H,12-13H2,1-3H3,(H,25,26)/b6-5+,16-7-,24-4?. The minimum Gasteiger partial charge on any atom is -0.484 e. The van der Waals surface area contributed by atoms with E-state index in [9.17, 15) is 22.4 Å². The van der Waals surface area contributed by atoms with Crippen LogP contribution in [-0.4, -0.2) is 31.2 Å². The zero-order chi connectivity index (χ0) is 20.5. The van der Waals surface area contributed by atoms with Crippen molar-refractivity contribution < 1.29 is 27.1 Å². The van der Waals surface area contributed by atoms with Gasteiger partial charge in [0.2, 0.25) is 0 Å². The fraction of sp³-hybridized carbons (Fsp3) is 0.368. The Morgan fingerprint density at radius 1 is 1.19 bits per heavy atom. The Morgan fingerprint density at radius 3 is 2.33 bits per heavy atom. The van der Waals surface area contributed by atoms with Gasteiger partial charge in [-0.15, -0.1) is 0 Å². The maximum atomic E-state index is 13.2. The normalized spacial score (nSPS) is 13.4. The van der Waals surface area contributed by atoms with Gasteiger partial charge in [0.25, 0.3) is 17.8 Å². The number of alkyl halides is 4. The monoisotopic (exact) mass is 386 g/mol. The molecule has 4 nitrogen and oxygen atoms in total. The molecule has 1 aromatic carbocycles. The maximum Gasteiger partial charge on any atom is 0.286 e. The van der Waals surface area contributed by atoms with E-state index in [1.165, 1.54) is 49.6 Å². The number of nitrogens with one attached hydrogen (secondary N) is 1. The van der Waals surface area contributed by atoms with E-state index < -0.39 is 23.4 Å². The quantitative estimate of drug-likeness (QED) is 0.387. The van der Waals surface area contributed by atoms with Crippen LogP contribution in [0.15, 0.2) is 53.2 Å². The molecule has 8 heteroatoms. The van der Waals surface area contributed by atoms with Crippen LogP contribution in [-0.2, 0) is 10.7 Å². The minimum absolute atomic E-state index is 0.109. The lowest BCUT2D eigenvalue weighted by atomic mass is 10.1. The van der Waals surface area contributed by atoms with Gasteiger partial charge in [0.05, 0.1) is 0 Å². The molecule has 0 heterocycles. The summed E-state index contributed by atoms with van der Waals surface area (Å²) in [6.07, 6.45) is 5.27. The molecular weight excluding hydrogens is 364 g/mol. The first-order valence-corrected chi connectivity index (χ1v) is 8.15. The summed E-state index contributed by atoms with van der Waals surface area (Å²) in [5.41, 5.74) is -0.543. The number of carbonyl (C=O) groups is 1. The molecule has 0 radical (unpaired) electrons. The van der Waals surface area contributed by atoms with E-state index in [0.29, 0.717) is 0 Å². The Labute approximate surface area is 155 Å². The first kappa shape index (κ1) is 22.4. The number of hydrogen-bond acceptors (Lipinski definition) is 3. The zero-order valence-corrected chi connectivity index (χ0v) is 15.3. The maximum absolute atomic E-state index is 13.2. The highest BCUT2D eigenvalue weighted by atomic mass is 19.3. The molecular formula is C19H22F4N2O2. The van der Waals surface area contributed by atoms with E-state index in [0.717, 1.165) is 19.9 Å². The van der Waals surface area contributed by atoms with Crippen molar-refractivity contribution in [3.05, 3.63) is 53.8 Å². The molecule has 148 valence electrons. The van der Waals surface area contributed by atoms with E-state index in [1.54, 1.807) is 0 Å². The van der Waals surface area contributed by atoms with Crippen LogP contribution in [0.25, 0.3) is 0 Å².